The zero-order chi connectivity index (χ0) is 17.3. The van der Waals surface area contributed by atoms with Crippen molar-refractivity contribution in [1.29, 1.82) is 0 Å². The Morgan fingerprint density at radius 3 is 1.77 bits per heavy atom. The summed E-state index contributed by atoms with van der Waals surface area (Å²) >= 11 is 0. The summed E-state index contributed by atoms with van der Waals surface area (Å²) < 4.78 is 0. The first-order chi connectivity index (χ1) is 12.9. The van der Waals surface area contributed by atoms with Gasteiger partial charge in [-0.25, -0.2) is 0 Å². The van der Waals surface area contributed by atoms with Gasteiger partial charge in [0, 0.05) is 0 Å². The molecule has 0 spiro atoms. The molecule has 0 atom stereocenters. The number of hydrogen-bond acceptors (Lipinski definition) is 0. The van der Waals surface area contributed by atoms with Gasteiger partial charge in [-0.05, 0) is 55.9 Å². The zero-order valence-corrected chi connectivity index (χ0v) is 14.4. The van der Waals surface area contributed by atoms with Crippen LogP contribution in [0.15, 0.2) is 109 Å². The van der Waals surface area contributed by atoms with Gasteiger partial charge in [-0.3, -0.25) is 0 Å². The van der Waals surface area contributed by atoms with E-state index in [1.165, 1.54) is 43.8 Å². The van der Waals surface area contributed by atoms with E-state index in [0.717, 1.165) is 0 Å². The molecule has 0 aliphatic rings. The van der Waals surface area contributed by atoms with Crippen LogP contribution in [-0.4, -0.2) is 0 Å². The molecule has 0 saturated heterocycles. The molecule has 0 amide bonds. The summed E-state index contributed by atoms with van der Waals surface area (Å²) in [6, 6.07) is 39.1. The minimum atomic E-state index is 1.25. The number of rotatable bonds is 2. The molecule has 0 nitrogen and oxygen atoms in total. The lowest BCUT2D eigenvalue weighted by molar-refractivity contribution is 1.63. The Labute approximate surface area is 153 Å². The molecule has 122 valence electrons. The molecule has 0 aliphatic carbocycles. The van der Waals surface area contributed by atoms with Crippen molar-refractivity contribution in [3.63, 3.8) is 0 Å². The monoisotopic (exact) mass is 330 g/mol. The molecule has 5 aromatic carbocycles. The molecule has 0 bridgehead atoms. The maximum absolute atomic E-state index is 2.33. The maximum Gasteiger partial charge on any atom is -0.00930 e. The molecule has 5 aromatic rings. The third-order valence-corrected chi connectivity index (χ3v) is 5.05. The highest BCUT2D eigenvalue weighted by Crippen LogP contribution is 2.37. The summed E-state index contributed by atoms with van der Waals surface area (Å²) in [5, 5.41) is 5.14. The Hall–Kier alpha value is -3.38. The molecule has 5 rings (SSSR count). The van der Waals surface area contributed by atoms with Crippen LogP contribution in [0.1, 0.15) is 0 Å². The SMILES string of the molecule is c1ccc(-c2cc(-c3cccc4ccccc34)c3ccccc3c2)cc1. The summed E-state index contributed by atoms with van der Waals surface area (Å²) in [6.45, 7) is 0. The second-order valence-corrected chi connectivity index (χ2v) is 6.64. The van der Waals surface area contributed by atoms with Gasteiger partial charge in [0.1, 0.15) is 0 Å². The molecule has 0 heteroatoms. The van der Waals surface area contributed by atoms with Gasteiger partial charge >= 0.3 is 0 Å². The van der Waals surface area contributed by atoms with E-state index in [-0.39, 0.29) is 0 Å². The van der Waals surface area contributed by atoms with Gasteiger partial charge < -0.3 is 0 Å². The normalized spacial score (nSPS) is 11.1. The fourth-order valence-electron chi connectivity index (χ4n) is 3.79. The topological polar surface area (TPSA) is 0 Å². The Balaban J connectivity index is 1.87. The third-order valence-electron chi connectivity index (χ3n) is 5.05. The largest absolute Gasteiger partial charge is 0.0622 e. The second kappa shape index (κ2) is 6.16. The fraction of sp³-hybridized carbons (Fsp3) is 0. The average molecular weight is 330 g/mol. The van der Waals surface area contributed by atoms with Crippen molar-refractivity contribution in [3.05, 3.63) is 109 Å². The number of fused-ring (bicyclic) bond motifs is 2. The average Bonchev–Trinajstić information content (AvgIpc) is 2.73. The number of benzene rings is 5. The van der Waals surface area contributed by atoms with Crippen LogP contribution in [0.5, 0.6) is 0 Å². The van der Waals surface area contributed by atoms with Gasteiger partial charge in [-0.1, -0.05) is 97.1 Å². The van der Waals surface area contributed by atoms with E-state index in [2.05, 4.69) is 109 Å². The van der Waals surface area contributed by atoms with E-state index in [4.69, 9.17) is 0 Å². The van der Waals surface area contributed by atoms with Crippen molar-refractivity contribution in [2.24, 2.45) is 0 Å². The van der Waals surface area contributed by atoms with Gasteiger partial charge in [0.05, 0.1) is 0 Å². The van der Waals surface area contributed by atoms with Crippen molar-refractivity contribution >= 4 is 21.5 Å². The molecular weight excluding hydrogens is 312 g/mol. The van der Waals surface area contributed by atoms with Gasteiger partial charge in [0.25, 0.3) is 0 Å². The van der Waals surface area contributed by atoms with Gasteiger partial charge in [-0.15, -0.1) is 0 Å². The Kier molecular flexibility index (Phi) is 3.54. The highest BCUT2D eigenvalue weighted by molar-refractivity contribution is 6.07. The third kappa shape index (κ3) is 2.48. The van der Waals surface area contributed by atoms with Crippen LogP contribution in [0, 0.1) is 0 Å². The van der Waals surface area contributed by atoms with E-state index in [1.807, 2.05) is 0 Å². The van der Waals surface area contributed by atoms with Crippen LogP contribution < -0.4 is 0 Å². The molecule has 0 fully saturated rings. The highest BCUT2D eigenvalue weighted by atomic mass is 14.1. The smallest absolute Gasteiger partial charge is 0.00930 e. The van der Waals surface area contributed by atoms with Crippen LogP contribution in [0.3, 0.4) is 0 Å². The van der Waals surface area contributed by atoms with Crippen molar-refractivity contribution in [2.75, 3.05) is 0 Å². The lowest BCUT2D eigenvalue weighted by atomic mass is 9.90. The van der Waals surface area contributed by atoms with Crippen LogP contribution in [0.25, 0.3) is 43.8 Å². The molecule has 26 heavy (non-hydrogen) atoms. The molecule has 0 N–H and O–H groups in total. The van der Waals surface area contributed by atoms with Crippen molar-refractivity contribution in [3.8, 4) is 22.3 Å². The Bertz CT molecular complexity index is 1210. The van der Waals surface area contributed by atoms with Gasteiger partial charge in [-0.2, -0.15) is 0 Å². The molecule has 0 saturated carbocycles. The highest BCUT2D eigenvalue weighted by Gasteiger charge is 2.10. The van der Waals surface area contributed by atoms with Gasteiger partial charge in [0.2, 0.25) is 0 Å². The first-order valence-electron chi connectivity index (χ1n) is 8.96. The molecule has 0 radical (unpaired) electrons. The summed E-state index contributed by atoms with van der Waals surface area (Å²) in [5.74, 6) is 0. The molecule has 0 aromatic heterocycles. The summed E-state index contributed by atoms with van der Waals surface area (Å²) in [5.41, 5.74) is 5.09. The van der Waals surface area contributed by atoms with Gasteiger partial charge in [0.15, 0.2) is 0 Å². The number of hydrogen-bond donors (Lipinski definition) is 0. The molecule has 0 heterocycles. The zero-order valence-electron chi connectivity index (χ0n) is 14.4. The predicted molar refractivity (Wildman–Crippen MR) is 112 cm³/mol. The summed E-state index contributed by atoms with van der Waals surface area (Å²) in [7, 11) is 0. The van der Waals surface area contributed by atoms with E-state index in [9.17, 15) is 0 Å². The quantitative estimate of drug-likeness (QED) is 0.318. The first-order valence-corrected chi connectivity index (χ1v) is 8.96. The van der Waals surface area contributed by atoms with Crippen molar-refractivity contribution < 1.29 is 0 Å². The lowest BCUT2D eigenvalue weighted by Gasteiger charge is -2.13. The maximum atomic E-state index is 2.33. The van der Waals surface area contributed by atoms with E-state index < -0.39 is 0 Å². The van der Waals surface area contributed by atoms with Crippen molar-refractivity contribution in [2.45, 2.75) is 0 Å². The van der Waals surface area contributed by atoms with Crippen LogP contribution in [0.4, 0.5) is 0 Å². The summed E-state index contributed by atoms with van der Waals surface area (Å²) in [6.07, 6.45) is 0. The summed E-state index contributed by atoms with van der Waals surface area (Å²) in [4.78, 5) is 0. The second-order valence-electron chi connectivity index (χ2n) is 6.64. The van der Waals surface area contributed by atoms with Crippen molar-refractivity contribution in [1.82, 2.24) is 0 Å². The first kappa shape index (κ1) is 14.9. The lowest BCUT2D eigenvalue weighted by Crippen LogP contribution is -1.87. The molecule has 0 unspecified atom stereocenters. The fourth-order valence-corrected chi connectivity index (χ4v) is 3.79. The molecule has 0 aliphatic heterocycles. The minimum Gasteiger partial charge on any atom is -0.0622 e. The Morgan fingerprint density at radius 2 is 0.962 bits per heavy atom. The minimum absolute atomic E-state index is 1.25. The standard InChI is InChI=1S/C26H18/c1-2-9-19(10-3-1)22-17-21-12-5-7-15-24(21)26(18-22)25-16-8-13-20-11-4-6-14-23(20)25/h1-18H. The molecular formula is C26H18. The van der Waals surface area contributed by atoms with E-state index >= 15 is 0 Å². The van der Waals surface area contributed by atoms with Crippen LogP contribution in [0.2, 0.25) is 0 Å². The van der Waals surface area contributed by atoms with E-state index in [1.54, 1.807) is 0 Å². The van der Waals surface area contributed by atoms with Crippen LogP contribution in [-0.2, 0) is 0 Å². The predicted octanol–water partition coefficient (Wildman–Crippen LogP) is 7.33. The van der Waals surface area contributed by atoms with Crippen LogP contribution >= 0.6 is 0 Å². The van der Waals surface area contributed by atoms with E-state index in [0.29, 0.717) is 0 Å². The Morgan fingerprint density at radius 1 is 0.346 bits per heavy atom.